The molecule has 4 rings (SSSR count). The molecule has 1 aromatic rings. The van der Waals surface area contributed by atoms with Crippen LogP contribution in [0, 0.1) is 5.92 Å². The van der Waals surface area contributed by atoms with Crippen LogP contribution in [0.1, 0.15) is 57.4 Å². The summed E-state index contributed by atoms with van der Waals surface area (Å²) < 4.78 is 18.3. The number of aliphatic hydroxyl groups is 1. The van der Waals surface area contributed by atoms with E-state index in [1.807, 2.05) is 17.0 Å². The molecule has 0 bridgehead atoms. The number of benzene rings is 1. The van der Waals surface area contributed by atoms with Crippen LogP contribution in [0.25, 0.3) is 5.57 Å². The van der Waals surface area contributed by atoms with Crippen LogP contribution in [0.2, 0.25) is 0 Å². The van der Waals surface area contributed by atoms with E-state index in [9.17, 15) is 5.11 Å². The first-order valence-electron chi connectivity index (χ1n) is 12.6. The average molecular weight is 469 g/mol. The fourth-order valence-corrected chi connectivity index (χ4v) is 5.58. The van der Waals surface area contributed by atoms with Crippen LogP contribution in [-0.2, 0) is 9.47 Å². The van der Waals surface area contributed by atoms with Crippen LogP contribution in [0.3, 0.4) is 0 Å². The molecule has 0 radical (unpaired) electrons. The fraction of sp³-hybridized carbons (Fsp3) is 0.571. The van der Waals surface area contributed by atoms with Crippen LogP contribution in [0.15, 0.2) is 48.6 Å². The van der Waals surface area contributed by atoms with Gasteiger partial charge in [-0.15, -0.1) is 0 Å². The van der Waals surface area contributed by atoms with Crippen molar-refractivity contribution in [2.75, 3.05) is 40.1 Å². The molecule has 1 aliphatic carbocycles. The van der Waals surface area contributed by atoms with E-state index < -0.39 is 11.8 Å². The first-order valence-corrected chi connectivity index (χ1v) is 12.6. The van der Waals surface area contributed by atoms with E-state index in [1.165, 1.54) is 5.57 Å². The molecule has 1 fully saturated rings. The molecule has 0 saturated carbocycles. The van der Waals surface area contributed by atoms with Gasteiger partial charge in [-0.2, -0.15) is 0 Å². The number of hydrogen-bond acceptors (Lipinski definition) is 6. The minimum absolute atomic E-state index is 0.0720. The van der Waals surface area contributed by atoms with Crippen molar-refractivity contribution in [1.82, 2.24) is 10.2 Å². The number of nitrogens with zero attached hydrogens (tertiary/aromatic N) is 1. The monoisotopic (exact) mass is 468 g/mol. The van der Waals surface area contributed by atoms with Crippen LogP contribution in [0.5, 0.6) is 5.75 Å². The zero-order chi connectivity index (χ0) is 24.2. The first kappa shape index (κ1) is 25.1. The predicted octanol–water partition coefficient (Wildman–Crippen LogP) is 4.43. The Kier molecular flexibility index (Phi) is 7.95. The predicted molar refractivity (Wildman–Crippen MR) is 136 cm³/mol. The Balaban J connectivity index is 1.81. The maximum Gasteiger partial charge on any atom is 0.188 e. The van der Waals surface area contributed by atoms with E-state index in [0.717, 1.165) is 62.3 Å². The summed E-state index contributed by atoms with van der Waals surface area (Å²) in [5, 5.41) is 14.5. The number of nitrogens with one attached hydrogen (secondary N) is 1. The molecule has 0 amide bonds. The van der Waals surface area contributed by atoms with Crippen molar-refractivity contribution in [1.29, 1.82) is 0 Å². The van der Waals surface area contributed by atoms with Gasteiger partial charge in [-0.05, 0) is 75.6 Å². The number of methoxy groups -OCH3 is 1. The molecule has 2 N–H and O–H groups in total. The van der Waals surface area contributed by atoms with Crippen LogP contribution in [-0.4, -0.2) is 61.3 Å². The van der Waals surface area contributed by atoms with Crippen LogP contribution in [0.4, 0.5) is 0 Å². The maximum absolute atomic E-state index is 11.0. The summed E-state index contributed by atoms with van der Waals surface area (Å²) in [4.78, 5) is 2.02. The van der Waals surface area contributed by atoms with Gasteiger partial charge in [0.05, 0.1) is 11.2 Å². The minimum atomic E-state index is -0.681. The number of ether oxygens (including phenoxy) is 3. The molecule has 4 atom stereocenters. The largest absolute Gasteiger partial charge is 0.467 e. The Labute approximate surface area is 204 Å². The van der Waals surface area contributed by atoms with E-state index in [1.54, 1.807) is 7.11 Å². The van der Waals surface area contributed by atoms with Gasteiger partial charge in [0.1, 0.15) is 12.0 Å². The van der Waals surface area contributed by atoms with Crippen molar-refractivity contribution >= 4 is 5.57 Å². The second-order valence-corrected chi connectivity index (χ2v) is 9.68. The maximum atomic E-state index is 11.0. The van der Waals surface area contributed by atoms with Gasteiger partial charge >= 0.3 is 0 Å². The third-order valence-electron chi connectivity index (χ3n) is 7.42. The first-order chi connectivity index (χ1) is 16.4. The van der Waals surface area contributed by atoms with Crippen molar-refractivity contribution in [3.05, 3.63) is 59.7 Å². The SMILES string of the molecule is CCN(CC)C(O)c1ccc(C2=CC3(CCCNCC3)O[C@]3(C)C=CC=CC23)c(OCOC)c1. The van der Waals surface area contributed by atoms with Crippen molar-refractivity contribution in [3.8, 4) is 5.75 Å². The van der Waals surface area contributed by atoms with Crippen molar-refractivity contribution in [3.63, 3.8) is 0 Å². The summed E-state index contributed by atoms with van der Waals surface area (Å²) in [6, 6.07) is 6.09. The second kappa shape index (κ2) is 10.8. The highest BCUT2D eigenvalue weighted by Crippen LogP contribution is 2.50. The number of aliphatic hydroxyl groups excluding tert-OH is 1. The lowest BCUT2D eigenvalue weighted by atomic mass is 9.71. The van der Waals surface area contributed by atoms with Gasteiger partial charge in [0.15, 0.2) is 6.79 Å². The third-order valence-corrected chi connectivity index (χ3v) is 7.42. The van der Waals surface area contributed by atoms with E-state index in [4.69, 9.17) is 14.2 Å². The van der Waals surface area contributed by atoms with E-state index >= 15 is 0 Å². The summed E-state index contributed by atoms with van der Waals surface area (Å²) in [7, 11) is 1.63. The Morgan fingerprint density at radius 2 is 2.03 bits per heavy atom. The molecule has 0 aromatic heterocycles. The molecule has 34 heavy (non-hydrogen) atoms. The number of fused-ring (bicyclic) bond motifs is 1. The summed E-state index contributed by atoms with van der Waals surface area (Å²) >= 11 is 0. The van der Waals surface area contributed by atoms with Gasteiger partial charge in [0.25, 0.3) is 0 Å². The molecule has 2 aliphatic heterocycles. The highest BCUT2D eigenvalue weighted by molar-refractivity contribution is 5.77. The molecular weight excluding hydrogens is 428 g/mol. The molecule has 186 valence electrons. The lowest BCUT2D eigenvalue weighted by molar-refractivity contribution is -0.122. The highest BCUT2D eigenvalue weighted by atomic mass is 16.7. The summed E-state index contributed by atoms with van der Waals surface area (Å²) in [6.07, 6.45) is 13.3. The fourth-order valence-electron chi connectivity index (χ4n) is 5.58. The number of rotatable bonds is 8. The van der Waals surface area contributed by atoms with Gasteiger partial charge in [-0.1, -0.05) is 50.3 Å². The Morgan fingerprint density at radius 3 is 2.79 bits per heavy atom. The topological polar surface area (TPSA) is 63.2 Å². The zero-order valence-corrected chi connectivity index (χ0v) is 21.0. The summed E-state index contributed by atoms with van der Waals surface area (Å²) in [5.41, 5.74) is 2.31. The van der Waals surface area contributed by atoms with Crippen molar-refractivity contribution in [2.45, 2.75) is 57.5 Å². The van der Waals surface area contributed by atoms with E-state index in [0.29, 0.717) is 0 Å². The van der Waals surface area contributed by atoms with Crippen LogP contribution < -0.4 is 10.1 Å². The molecule has 6 heteroatoms. The third kappa shape index (κ3) is 5.02. The van der Waals surface area contributed by atoms with Gasteiger partial charge in [0.2, 0.25) is 0 Å². The number of hydrogen-bond donors (Lipinski definition) is 2. The molecule has 1 spiro atoms. The quantitative estimate of drug-likeness (QED) is 0.551. The van der Waals surface area contributed by atoms with Gasteiger partial charge in [-0.3, -0.25) is 4.90 Å². The van der Waals surface area contributed by atoms with Crippen LogP contribution >= 0.6 is 0 Å². The molecule has 1 aromatic carbocycles. The molecule has 2 heterocycles. The zero-order valence-electron chi connectivity index (χ0n) is 21.0. The summed E-state index contributed by atoms with van der Waals surface area (Å²) in [6.45, 7) is 9.94. The Morgan fingerprint density at radius 1 is 1.21 bits per heavy atom. The molecule has 3 aliphatic rings. The van der Waals surface area contributed by atoms with Gasteiger partial charge in [0, 0.05) is 18.6 Å². The normalized spacial score (nSPS) is 29.6. The lowest BCUT2D eigenvalue weighted by Gasteiger charge is -2.49. The Hall–Kier alpha value is -1.96. The van der Waals surface area contributed by atoms with Crippen molar-refractivity contribution < 1.29 is 19.3 Å². The average Bonchev–Trinajstić information content (AvgIpc) is 3.07. The Bertz CT molecular complexity index is 928. The molecule has 6 nitrogen and oxygen atoms in total. The second-order valence-electron chi connectivity index (χ2n) is 9.68. The van der Waals surface area contributed by atoms with Crippen molar-refractivity contribution in [2.24, 2.45) is 5.92 Å². The summed E-state index contributed by atoms with van der Waals surface area (Å²) in [5.74, 6) is 0.800. The smallest absolute Gasteiger partial charge is 0.188 e. The lowest BCUT2D eigenvalue weighted by Crippen LogP contribution is -2.50. The molecule has 3 unspecified atom stereocenters. The highest BCUT2D eigenvalue weighted by Gasteiger charge is 2.48. The standard InChI is InChI=1S/C28H40N2O4/c1-5-30(6-2)26(31)21-11-12-22(25(18-21)33-20-32-4)23-19-28(14-9-16-29-17-15-28)34-27(3)13-8-7-10-24(23)27/h7-8,10-13,18-19,24,26,29,31H,5-6,9,14-17,20H2,1-4H3/t24?,26?,27-,28?/m1/s1. The van der Waals surface area contributed by atoms with E-state index in [2.05, 4.69) is 62.5 Å². The molecular formula is C28H40N2O4. The van der Waals surface area contributed by atoms with Gasteiger partial charge in [-0.25, -0.2) is 0 Å². The van der Waals surface area contributed by atoms with Gasteiger partial charge < -0.3 is 24.6 Å². The minimum Gasteiger partial charge on any atom is -0.467 e. The molecule has 1 saturated heterocycles. The van der Waals surface area contributed by atoms with E-state index in [-0.39, 0.29) is 18.3 Å². The number of allylic oxidation sites excluding steroid dienone is 2.